The van der Waals surface area contributed by atoms with Crippen molar-refractivity contribution in [2.75, 3.05) is 18.4 Å². The molecule has 0 unspecified atom stereocenters. The minimum atomic E-state index is -0.0761. The zero-order valence-electron chi connectivity index (χ0n) is 12.8. The van der Waals surface area contributed by atoms with Crippen molar-refractivity contribution in [3.05, 3.63) is 40.8 Å². The molecule has 1 aliphatic carbocycles. The van der Waals surface area contributed by atoms with Crippen molar-refractivity contribution in [1.82, 2.24) is 20.5 Å². The first-order chi connectivity index (χ1) is 10.7. The molecule has 0 spiro atoms. The van der Waals surface area contributed by atoms with Crippen LogP contribution in [-0.4, -0.2) is 34.2 Å². The molecule has 6 nitrogen and oxygen atoms in total. The number of aromatic amines is 1. The quantitative estimate of drug-likeness (QED) is 0.711. The number of carbonyl (C=O) groups is 1. The number of nitrogens with one attached hydrogen (secondary N) is 3. The largest absolute Gasteiger partial charge is 0.370 e. The van der Waals surface area contributed by atoms with Crippen molar-refractivity contribution in [3.8, 4) is 0 Å². The maximum atomic E-state index is 12.1. The smallest absolute Gasteiger partial charge is 0.272 e. The van der Waals surface area contributed by atoms with Gasteiger partial charge >= 0.3 is 0 Å². The number of rotatable bonds is 6. The summed E-state index contributed by atoms with van der Waals surface area (Å²) in [5.74, 6) is 0.787. The molecule has 3 N–H and O–H groups in total. The van der Waals surface area contributed by atoms with Gasteiger partial charge in [0.25, 0.3) is 5.91 Å². The maximum Gasteiger partial charge on any atom is 0.272 e. The van der Waals surface area contributed by atoms with E-state index in [1.54, 1.807) is 0 Å². The van der Waals surface area contributed by atoms with E-state index >= 15 is 0 Å². The molecule has 116 valence electrons. The number of hydrogen-bond acceptors (Lipinski definition) is 4. The van der Waals surface area contributed by atoms with Crippen LogP contribution >= 0.6 is 0 Å². The van der Waals surface area contributed by atoms with Gasteiger partial charge in [0.1, 0.15) is 5.82 Å². The summed E-state index contributed by atoms with van der Waals surface area (Å²) < 4.78 is 0. The second kappa shape index (κ2) is 6.60. The number of aromatic nitrogens is 3. The van der Waals surface area contributed by atoms with E-state index in [0.29, 0.717) is 12.2 Å². The molecule has 0 aliphatic heterocycles. The van der Waals surface area contributed by atoms with Gasteiger partial charge in [-0.1, -0.05) is 6.07 Å². The Bertz CT molecular complexity index is 647. The van der Waals surface area contributed by atoms with Gasteiger partial charge in [-0.2, -0.15) is 5.10 Å². The van der Waals surface area contributed by atoms with Crippen LogP contribution in [0.3, 0.4) is 0 Å². The Morgan fingerprint density at radius 1 is 1.32 bits per heavy atom. The van der Waals surface area contributed by atoms with Crippen LogP contribution in [0.1, 0.15) is 40.2 Å². The summed E-state index contributed by atoms with van der Waals surface area (Å²) in [7, 11) is 0. The number of pyridine rings is 1. The van der Waals surface area contributed by atoms with Crippen molar-refractivity contribution in [2.24, 2.45) is 0 Å². The van der Waals surface area contributed by atoms with Crippen molar-refractivity contribution >= 4 is 11.7 Å². The van der Waals surface area contributed by atoms with Gasteiger partial charge in [-0.05, 0) is 44.2 Å². The molecule has 0 atom stereocenters. The lowest BCUT2D eigenvalue weighted by Gasteiger charge is -2.07. The minimum absolute atomic E-state index is 0.0761. The molecule has 0 saturated heterocycles. The highest BCUT2D eigenvalue weighted by Crippen LogP contribution is 2.22. The average Bonchev–Trinajstić information content (AvgIpc) is 3.11. The lowest BCUT2D eigenvalue weighted by Crippen LogP contribution is -2.27. The van der Waals surface area contributed by atoms with Crippen LogP contribution in [0.25, 0.3) is 0 Å². The lowest BCUT2D eigenvalue weighted by molar-refractivity contribution is 0.0947. The summed E-state index contributed by atoms with van der Waals surface area (Å²) in [5.41, 5.74) is 3.93. The molecule has 0 aromatic carbocycles. The fraction of sp³-hybridized carbons (Fsp3) is 0.438. The molecule has 0 bridgehead atoms. The molecule has 2 aromatic heterocycles. The van der Waals surface area contributed by atoms with Crippen LogP contribution in [0.5, 0.6) is 0 Å². The molecule has 0 radical (unpaired) electrons. The van der Waals surface area contributed by atoms with E-state index in [1.165, 1.54) is 0 Å². The van der Waals surface area contributed by atoms with Crippen LogP contribution in [0, 0.1) is 6.92 Å². The second-order valence-electron chi connectivity index (χ2n) is 5.64. The molecular weight excluding hydrogens is 278 g/mol. The summed E-state index contributed by atoms with van der Waals surface area (Å²) in [4.78, 5) is 16.4. The Kier molecular flexibility index (Phi) is 4.37. The molecular formula is C16H21N5O. The number of fused-ring (bicyclic) bond motifs is 1. The molecule has 0 saturated carbocycles. The Labute approximate surface area is 129 Å². The van der Waals surface area contributed by atoms with Gasteiger partial charge in [0, 0.05) is 30.5 Å². The molecule has 22 heavy (non-hydrogen) atoms. The summed E-state index contributed by atoms with van der Waals surface area (Å²) in [5, 5.41) is 13.3. The molecule has 1 aliphatic rings. The molecule has 3 rings (SSSR count). The third-order valence-corrected chi connectivity index (χ3v) is 3.88. The average molecular weight is 299 g/mol. The predicted octanol–water partition coefficient (Wildman–Crippen LogP) is 1.83. The number of amides is 1. The molecule has 2 aromatic rings. The Morgan fingerprint density at radius 2 is 2.23 bits per heavy atom. The number of nitrogens with zero attached hydrogens (tertiary/aromatic N) is 2. The SMILES string of the molecule is Cc1ccc(NCCCNC(=O)c2n[nH]c3c2CCC3)nc1. The highest BCUT2D eigenvalue weighted by atomic mass is 16.1. The number of H-pyrrole nitrogens is 1. The van der Waals surface area contributed by atoms with Crippen LogP contribution in [0.4, 0.5) is 5.82 Å². The van der Waals surface area contributed by atoms with E-state index in [0.717, 1.165) is 54.9 Å². The number of anilines is 1. The monoisotopic (exact) mass is 299 g/mol. The Hall–Kier alpha value is -2.37. The first-order valence-electron chi connectivity index (χ1n) is 7.75. The first-order valence-corrected chi connectivity index (χ1v) is 7.75. The summed E-state index contributed by atoms with van der Waals surface area (Å²) in [6.45, 7) is 3.41. The predicted molar refractivity (Wildman–Crippen MR) is 85.0 cm³/mol. The van der Waals surface area contributed by atoms with Crippen molar-refractivity contribution in [2.45, 2.75) is 32.6 Å². The van der Waals surface area contributed by atoms with Crippen LogP contribution in [0.15, 0.2) is 18.3 Å². The topological polar surface area (TPSA) is 82.7 Å². The van der Waals surface area contributed by atoms with E-state index < -0.39 is 0 Å². The van der Waals surface area contributed by atoms with E-state index in [-0.39, 0.29) is 5.91 Å². The fourth-order valence-corrected chi connectivity index (χ4v) is 2.67. The van der Waals surface area contributed by atoms with Crippen LogP contribution in [0.2, 0.25) is 0 Å². The highest BCUT2D eigenvalue weighted by Gasteiger charge is 2.22. The van der Waals surface area contributed by atoms with Crippen molar-refractivity contribution < 1.29 is 4.79 Å². The van der Waals surface area contributed by atoms with E-state index in [2.05, 4.69) is 25.8 Å². The van der Waals surface area contributed by atoms with Gasteiger partial charge in [-0.25, -0.2) is 4.98 Å². The number of hydrogen-bond donors (Lipinski definition) is 3. The second-order valence-corrected chi connectivity index (χ2v) is 5.64. The standard InChI is InChI=1S/C16H21N5O/c1-11-6-7-14(19-10-11)17-8-3-9-18-16(22)15-12-4-2-5-13(12)20-21-15/h6-7,10H,2-5,8-9H2,1H3,(H,17,19)(H,18,22)(H,20,21). The Balaban J connectivity index is 1.39. The normalized spacial score (nSPS) is 13.0. The van der Waals surface area contributed by atoms with Gasteiger partial charge in [0.2, 0.25) is 0 Å². The molecule has 2 heterocycles. The third-order valence-electron chi connectivity index (χ3n) is 3.88. The number of aryl methyl sites for hydroxylation is 2. The van der Waals surface area contributed by atoms with Crippen molar-refractivity contribution in [3.63, 3.8) is 0 Å². The van der Waals surface area contributed by atoms with E-state index in [1.807, 2.05) is 25.3 Å². The molecule has 6 heteroatoms. The zero-order chi connectivity index (χ0) is 15.4. The van der Waals surface area contributed by atoms with Gasteiger partial charge in [-0.3, -0.25) is 9.89 Å². The summed E-state index contributed by atoms with van der Waals surface area (Å²) in [6.07, 6.45) is 5.74. The molecule has 1 amide bonds. The third kappa shape index (κ3) is 3.27. The van der Waals surface area contributed by atoms with Gasteiger partial charge < -0.3 is 10.6 Å². The van der Waals surface area contributed by atoms with E-state index in [4.69, 9.17) is 0 Å². The first kappa shape index (κ1) is 14.6. The maximum absolute atomic E-state index is 12.1. The van der Waals surface area contributed by atoms with Crippen molar-refractivity contribution in [1.29, 1.82) is 0 Å². The van der Waals surface area contributed by atoms with Gasteiger partial charge in [0.15, 0.2) is 5.69 Å². The zero-order valence-corrected chi connectivity index (χ0v) is 12.8. The number of carbonyl (C=O) groups excluding carboxylic acids is 1. The Morgan fingerprint density at radius 3 is 3.05 bits per heavy atom. The van der Waals surface area contributed by atoms with Crippen LogP contribution < -0.4 is 10.6 Å². The van der Waals surface area contributed by atoms with Gasteiger partial charge in [0.05, 0.1) is 0 Å². The fourth-order valence-electron chi connectivity index (χ4n) is 2.67. The summed E-state index contributed by atoms with van der Waals surface area (Å²) >= 11 is 0. The van der Waals surface area contributed by atoms with E-state index in [9.17, 15) is 4.79 Å². The molecule has 0 fully saturated rings. The lowest BCUT2D eigenvalue weighted by atomic mass is 10.2. The summed E-state index contributed by atoms with van der Waals surface area (Å²) in [6, 6.07) is 3.98. The highest BCUT2D eigenvalue weighted by molar-refractivity contribution is 5.94. The van der Waals surface area contributed by atoms with Crippen LogP contribution in [-0.2, 0) is 12.8 Å². The van der Waals surface area contributed by atoms with Gasteiger partial charge in [-0.15, -0.1) is 0 Å². The minimum Gasteiger partial charge on any atom is -0.370 e.